The van der Waals surface area contributed by atoms with E-state index in [2.05, 4.69) is 15.2 Å². The summed E-state index contributed by atoms with van der Waals surface area (Å²) in [4.78, 5) is 31.0. The third kappa shape index (κ3) is 3.69. The van der Waals surface area contributed by atoms with Crippen molar-refractivity contribution < 1.29 is 14.0 Å². The third-order valence-corrected chi connectivity index (χ3v) is 5.04. The van der Waals surface area contributed by atoms with Crippen molar-refractivity contribution in [3.05, 3.63) is 60.0 Å². The van der Waals surface area contributed by atoms with Gasteiger partial charge in [0.15, 0.2) is 0 Å². The zero-order chi connectivity index (χ0) is 19.7. The van der Waals surface area contributed by atoms with Crippen molar-refractivity contribution >= 4 is 34.1 Å². The number of hydrogen-bond donors (Lipinski definition) is 2. The average Bonchev–Trinajstić information content (AvgIpc) is 3.12. The van der Waals surface area contributed by atoms with Gasteiger partial charge in [0.1, 0.15) is 11.5 Å². The van der Waals surface area contributed by atoms with Gasteiger partial charge in [-0.2, -0.15) is 0 Å². The molecule has 2 heterocycles. The molecule has 0 unspecified atom stereocenters. The minimum absolute atomic E-state index is 0.109. The second kappa shape index (κ2) is 7.34. The first kappa shape index (κ1) is 18.0. The molecule has 0 saturated carbocycles. The Morgan fingerprint density at radius 3 is 2.39 bits per heavy atom. The minimum Gasteiger partial charge on any atom is -0.368 e. The molecule has 1 aliphatic rings. The highest BCUT2D eigenvalue weighted by Gasteiger charge is 2.18. The normalized spacial score (nSPS) is 14.4. The summed E-state index contributed by atoms with van der Waals surface area (Å²) in [7, 11) is 0. The number of piperazine rings is 1. The lowest BCUT2D eigenvalue weighted by Gasteiger charge is -2.35. The first-order valence-corrected chi connectivity index (χ1v) is 9.20. The number of nitrogens with zero attached hydrogens (tertiary/aromatic N) is 2. The molecule has 7 heteroatoms. The monoisotopic (exact) mass is 380 g/mol. The van der Waals surface area contributed by atoms with E-state index in [1.807, 2.05) is 29.2 Å². The Labute approximate surface area is 161 Å². The van der Waals surface area contributed by atoms with Crippen molar-refractivity contribution in [2.45, 2.75) is 6.92 Å². The third-order valence-electron chi connectivity index (χ3n) is 5.04. The van der Waals surface area contributed by atoms with Gasteiger partial charge in [-0.3, -0.25) is 9.59 Å². The maximum atomic E-state index is 13.3. The van der Waals surface area contributed by atoms with Crippen molar-refractivity contribution in [2.24, 2.45) is 0 Å². The molecule has 1 aliphatic heterocycles. The number of halogens is 1. The van der Waals surface area contributed by atoms with Gasteiger partial charge in [-0.1, -0.05) is 0 Å². The summed E-state index contributed by atoms with van der Waals surface area (Å²) in [5.74, 6) is -0.505. The fraction of sp³-hybridized carbons (Fsp3) is 0.238. The van der Waals surface area contributed by atoms with Crippen molar-refractivity contribution in [3.8, 4) is 0 Å². The molecule has 0 radical (unpaired) electrons. The van der Waals surface area contributed by atoms with E-state index < -0.39 is 0 Å². The highest BCUT2D eigenvalue weighted by atomic mass is 19.1. The molecule has 4 rings (SSSR count). The maximum Gasteiger partial charge on any atom is 0.272 e. The number of aromatic nitrogens is 1. The summed E-state index contributed by atoms with van der Waals surface area (Å²) < 4.78 is 13.3. The van der Waals surface area contributed by atoms with Crippen molar-refractivity contribution in [2.75, 3.05) is 36.4 Å². The van der Waals surface area contributed by atoms with Crippen LogP contribution < -0.4 is 10.2 Å². The highest BCUT2D eigenvalue weighted by molar-refractivity contribution is 6.06. The standard InChI is InChI=1S/C21H21FN4O2/c1-14(27)25-8-10-26(11-9-25)18-5-3-17(4-6-18)23-21(28)20-13-15-12-16(22)2-7-19(15)24-20/h2-7,12-13,24H,8-11H2,1H3,(H,23,28). The average molecular weight is 380 g/mol. The Balaban J connectivity index is 1.41. The van der Waals surface area contributed by atoms with Crippen LogP contribution in [-0.4, -0.2) is 47.9 Å². The molecular formula is C21H21FN4O2. The van der Waals surface area contributed by atoms with E-state index in [-0.39, 0.29) is 17.6 Å². The largest absolute Gasteiger partial charge is 0.368 e. The Morgan fingerprint density at radius 2 is 1.71 bits per heavy atom. The van der Waals surface area contributed by atoms with E-state index in [0.29, 0.717) is 22.3 Å². The smallest absolute Gasteiger partial charge is 0.272 e. The summed E-state index contributed by atoms with van der Waals surface area (Å²) in [6.45, 7) is 4.61. The van der Waals surface area contributed by atoms with Crippen LogP contribution in [0.4, 0.5) is 15.8 Å². The Kier molecular flexibility index (Phi) is 4.73. The number of hydrogen-bond acceptors (Lipinski definition) is 3. The van der Waals surface area contributed by atoms with Crippen LogP contribution in [0.3, 0.4) is 0 Å². The molecule has 2 aromatic carbocycles. The molecular weight excluding hydrogens is 359 g/mol. The number of carbonyl (C=O) groups is 2. The number of anilines is 2. The van der Waals surface area contributed by atoms with Crippen LogP contribution in [0.1, 0.15) is 17.4 Å². The van der Waals surface area contributed by atoms with Crippen LogP contribution in [0.15, 0.2) is 48.5 Å². The number of rotatable bonds is 3. The number of carbonyl (C=O) groups excluding carboxylic acids is 2. The molecule has 2 amide bonds. The van der Waals surface area contributed by atoms with Crippen LogP contribution in [0.25, 0.3) is 10.9 Å². The zero-order valence-electron chi connectivity index (χ0n) is 15.5. The summed E-state index contributed by atoms with van der Waals surface area (Å²) >= 11 is 0. The molecule has 0 aliphatic carbocycles. The van der Waals surface area contributed by atoms with Gasteiger partial charge in [-0.25, -0.2) is 4.39 Å². The summed E-state index contributed by atoms with van der Waals surface area (Å²) in [6, 6.07) is 13.6. The Morgan fingerprint density at radius 1 is 1.00 bits per heavy atom. The fourth-order valence-electron chi connectivity index (χ4n) is 3.46. The molecule has 6 nitrogen and oxygen atoms in total. The number of H-pyrrole nitrogens is 1. The number of fused-ring (bicyclic) bond motifs is 1. The number of benzene rings is 2. The van der Waals surface area contributed by atoms with Gasteiger partial charge in [0.2, 0.25) is 5.91 Å². The van der Waals surface area contributed by atoms with E-state index in [9.17, 15) is 14.0 Å². The highest BCUT2D eigenvalue weighted by Crippen LogP contribution is 2.21. The fourth-order valence-corrected chi connectivity index (χ4v) is 3.46. The molecule has 0 bridgehead atoms. The predicted molar refractivity (Wildman–Crippen MR) is 107 cm³/mol. The topological polar surface area (TPSA) is 68.4 Å². The quantitative estimate of drug-likeness (QED) is 0.733. The van der Waals surface area contributed by atoms with Crippen LogP contribution >= 0.6 is 0 Å². The van der Waals surface area contributed by atoms with Gasteiger partial charge in [-0.15, -0.1) is 0 Å². The molecule has 3 aromatic rings. The molecule has 1 aromatic heterocycles. The lowest BCUT2D eigenvalue weighted by Crippen LogP contribution is -2.48. The Hall–Kier alpha value is -3.35. The zero-order valence-corrected chi connectivity index (χ0v) is 15.5. The van der Waals surface area contributed by atoms with Gasteiger partial charge >= 0.3 is 0 Å². The van der Waals surface area contributed by atoms with Gasteiger partial charge in [-0.05, 0) is 48.5 Å². The van der Waals surface area contributed by atoms with Gasteiger partial charge in [0.25, 0.3) is 5.91 Å². The molecule has 0 atom stereocenters. The second-order valence-electron chi connectivity index (χ2n) is 6.91. The lowest BCUT2D eigenvalue weighted by atomic mass is 10.2. The molecule has 0 spiro atoms. The van der Waals surface area contributed by atoms with Crippen molar-refractivity contribution in [1.29, 1.82) is 0 Å². The molecule has 2 N–H and O–H groups in total. The molecule has 144 valence electrons. The number of aromatic amines is 1. The number of nitrogens with one attached hydrogen (secondary N) is 2. The van der Waals surface area contributed by atoms with E-state index >= 15 is 0 Å². The minimum atomic E-state index is -0.335. The first-order chi connectivity index (χ1) is 13.5. The van der Waals surface area contributed by atoms with Crippen LogP contribution in [-0.2, 0) is 4.79 Å². The first-order valence-electron chi connectivity index (χ1n) is 9.20. The molecule has 28 heavy (non-hydrogen) atoms. The molecule has 1 fully saturated rings. The van der Waals surface area contributed by atoms with Crippen molar-refractivity contribution in [3.63, 3.8) is 0 Å². The van der Waals surface area contributed by atoms with E-state index in [1.54, 1.807) is 19.1 Å². The summed E-state index contributed by atoms with van der Waals surface area (Å²) in [5.41, 5.74) is 2.83. The SMILES string of the molecule is CC(=O)N1CCN(c2ccc(NC(=O)c3cc4cc(F)ccc4[nH]3)cc2)CC1. The lowest BCUT2D eigenvalue weighted by molar-refractivity contribution is -0.129. The predicted octanol–water partition coefficient (Wildman–Crippen LogP) is 3.23. The Bertz CT molecular complexity index is 1020. The summed E-state index contributed by atoms with van der Waals surface area (Å²) in [6.07, 6.45) is 0. The van der Waals surface area contributed by atoms with E-state index in [4.69, 9.17) is 0 Å². The molecule has 1 saturated heterocycles. The van der Waals surface area contributed by atoms with Crippen LogP contribution in [0, 0.1) is 5.82 Å². The number of amides is 2. The summed E-state index contributed by atoms with van der Waals surface area (Å²) in [5, 5.41) is 3.51. The second-order valence-corrected chi connectivity index (χ2v) is 6.91. The van der Waals surface area contributed by atoms with E-state index in [0.717, 1.165) is 31.9 Å². The van der Waals surface area contributed by atoms with Gasteiger partial charge < -0.3 is 20.1 Å². The van der Waals surface area contributed by atoms with E-state index in [1.165, 1.54) is 12.1 Å². The van der Waals surface area contributed by atoms with Gasteiger partial charge in [0, 0.05) is 55.4 Å². The van der Waals surface area contributed by atoms with Gasteiger partial charge in [0.05, 0.1) is 0 Å². The van der Waals surface area contributed by atoms with Crippen LogP contribution in [0.2, 0.25) is 0 Å². The van der Waals surface area contributed by atoms with Crippen molar-refractivity contribution in [1.82, 2.24) is 9.88 Å². The van der Waals surface area contributed by atoms with Crippen LogP contribution in [0.5, 0.6) is 0 Å². The maximum absolute atomic E-state index is 13.3.